The molecule has 0 radical (unpaired) electrons. The Morgan fingerprint density at radius 1 is 0.789 bits per heavy atom. The predicted octanol–water partition coefficient (Wildman–Crippen LogP) is -0.801. The number of hydrogen-bond acceptors (Lipinski definition) is 5. The Balaban J connectivity index is 5.42. The predicted molar refractivity (Wildman–Crippen MR) is 59.4 cm³/mol. The molecule has 6 N–H and O–H groups in total. The molecular formula is C10H15NO8. The number of carboxylic acid groups (broad SMARTS) is 4. The monoisotopic (exact) mass is 277 g/mol. The summed E-state index contributed by atoms with van der Waals surface area (Å²) in [6.45, 7) is 0. The summed E-state index contributed by atoms with van der Waals surface area (Å²) in [6, 6.07) is -1.40. The highest BCUT2D eigenvalue weighted by atomic mass is 16.4. The van der Waals surface area contributed by atoms with Gasteiger partial charge in [-0.15, -0.1) is 0 Å². The van der Waals surface area contributed by atoms with Crippen LogP contribution in [0.5, 0.6) is 0 Å². The zero-order valence-electron chi connectivity index (χ0n) is 9.90. The van der Waals surface area contributed by atoms with E-state index in [1.54, 1.807) is 0 Å². The van der Waals surface area contributed by atoms with Gasteiger partial charge in [0, 0.05) is 11.5 Å². The van der Waals surface area contributed by atoms with Crippen LogP contribution in [0, 0.1) is 5.41 Å². The van der Waals surface area contributed by atoms with Crippen LogP contribution in [0.25, 0.3) is 0 Å². The Bertz CT molecular complexity index is 350. The smallest absolute Gasteiger partial charge is 0.304 e. The fraction of sp³-hybridized carbons (Fsp3) is 0.600. The van der Waals surface area contributed by atoms with Crippen molar-refractivity contribution in [1.29, 1.82) is 0 Å². The molecule has 19 heavy (non-hydrogen) atoms. The molecule has 0 bridgehead atoms. The SMILES string of the molecule is NC(CC(=O)O)C(CC(=O)O)(CC(=O)O)CC(=O)O. The van der Waals surface area contributed by atoms with Crippen LogP contribution < -0.4 is 5.73 Å². The van der Waals surface area contributed by atoms with E-state index in [0.29, 0.717) is 0 Å². The van der Waals surface area contributed by atoms with Crippen molar-refractivity contribution in [3.63, 3.8) is 0 Å². The van der Waals surface area contributed by atoms with Crippen LogP contribution in [-0.4, -0.2) is 50.3 Å². The van der Waals surface area contributed by atoms with Crippen LogP contribution in [0.15, 0.2) is 0 Å². The van der Waals surface area contributed by atoms with Crippen molar-refractivity contribution in [2.45, 2.75) is 31.7 Å². The van der Waals surface area contributed by atoms with Crippen LogP contribution in [-0.2, 0) is 19.2 Å². The Hall–Kier alpha value is -2.16. The second-order valence-corrected chi connectivity index (χ2v) is 4.28. The average Bonchev–Trinajstić information content (AvgIpc) is 2.12. The minimum atomic E-state index is -1.85. The van der Waals surface area contributed by atoms with Gasteiger partial charge in [-0.3, -0.25) is 19.2 Å². The third kappa shape index (κ3) is 5.82. The largest absolute Gasteiger partial charge is 0.481 e. The van der Waals surface area contributed by atoms with Gasteiger partial charge in [0.15, 0.2) is 0 Å². The standard InChI is InChI=1S/C10H15NO8/c11-5(1-6(12)13)10(2-7(14)15,3-8(16)17)4-9(18)19/h5H,1-4,11H2,(H,12,13)(H,14,15)(H,16,17)(H,18,19). The summed E-state index contributed by atoms with van der Waals surface area (Å²) >= 11 is 0. The lowest BCUT2D eigenvalue weighted by atomic mass is 9.71. The van der Waals surface area contributed by atoms with E-state index in [-0.39, 0.29) is 0 Å². The molecule has 1 unspecified atom stereocenters. The summed E-state index contributed by atoms with van der Waals surface area (Å²) in [6.07, 6.45) is -3.21. The first-order chi connectivity index (χ1) is 8.59. The van der Waals surface area contributed by atoms with Gasteiger partial charge in [-0.25, -0.2) is 0 Å². The number of carboxylic acids is 4. The lowest BCUT2D eigenvalue weighted by Gasteiger charge is -2.34. The molecule has 0 saturated heterocycles. The highest BCUT2D eigenvalue weighted by Crippen LogP contribution is 2.36. The quantitative estimate of drug-likeness (QED) is 0.361. The molecule has 0 aliphatic carbocycles. The zero-order chi connectivity index (χ0) is 15.2. The van der Waals surface area contributed by atoms with E-state index in [1.807, 2.05) is 0 Å². The van der Waals surface area contributed by atoms with E-state index in [0.717, 1.165) is 0 Å². The molecule has 0 aliphatic heterocycles. The number of aliphatic carboxylic acids is 4. The Morgan fingerprint density at radius 2 is 1.11 bits per heavy atom. The van der Waals surface area contributed by atoms with Gasteiger partial charge < -0.3 is 26.2 Å². The molecule has 0 aliphatic rings. The highest BCUT2D eigenvalue weighted by Gasteiger charge is 2.43. The molecule has 0 aromatic heterocycles. The molecule has 0 heterocycles. The Morgan fingerprint density at radius 3 is 1.32 bits per heavy atom. The summed E-state index contributed by atoms with van der Waals surface area (Å²) in [4.78, 5) is 42.9. The van der Waals surface area contributed by atoms with Gasteiger partial charge in [0.1, 0.15) is 0 Å². The van der Waals surface area contributed by atoms with E-state index in [1.165, 1.54) is 0 Å². The number of nitrogens with two attached hydrogens (primary N) is 1. The first-order valence-electron chi connectivity index (χ1n) is 5.22. The molecule has 0 amide bonds. The van der Waals surface area contributed by atoms with Crippen LogP contribution in [0.3, 0.4) is 0 Å². The van der Waals surface area contributed by atoms with E-state index < -0.39 is 61.0 Å². The van der Waals surface area contributed by atoms with Crippen LogP contribution in [0.4, 0.5) is 0 Å². The second kappa shape index (κ2) is 6.69. The lowest BCUT2D eigenvalue weighted by Crippen LogP contribution is -2.47. The normalized spacial score (nSPS) is 12.7. The topological polar surface area (TPSA) is 175 Å². The van der Waals surface area contributed by atoms with Gasteiger partial charge in [-0.05, 0) is 0 Å². The molecule has 0 rings (SSSR count). The third-order valence-corrected chi connectivity index (χ3v) is 2.69. The molecule has 9 heteroatoms. The van der Waals surface area contributed by atoms with Crippen molar-refractivity contribution in [2.24, 2.45) is 11.1 Å². The maximum absolute atomic E-state index is 10.8. The first-order valence-corrected chi connectivity index (χ1v) is 5.22. The molecular weight excluding hydrogens is 262 g/mol. The summed E-state index contributed by atoms with van der Waals surface area (Å²) in [5, 5.41) is 34.9. The molecule has 0 saturated carbocycles. The number of hydrogen-bond donors (Lipinski definition) is 5. The van der Waals surface area contributed by atoms with Crippen molar-refractivity contribution in [3.8, 4) is 0 Å². The van der Waals surface area contributed by atoms with Crippen LogP contribution in [0.2, 0.25) is 0 Å². The van der Waals surface area contributed by atoms with Gasteiger partial charge in [-0.2, -0.15) is 0 Å². The molecule has 9 nitrogen and oxygen atoms in total. The zero-order valence-corrected chi connectivity index (χ0v) is 9.90. The van der Waals surface area contributed by atoms with Crippen molar-refractivity contribution in [2.75, 3.05) is 0 Å². The third-order valence-electron chi connectivity index (χ3n) is 2.69. The van der Waals surface area contributed by atoms with E-state index in [9.17, 15) is 19.2 Å². The maximum Gasteiger partial charge on any atom is 0.304 e. The minimum Gasteiger partial charge on any atom is -0.481 e. The van der Waals surface area contributed by atoms with E-state index in [4.69, 9.17) is 26.2 Å². The van der Waals surface area contributed by atoms with Crippen molar-refractivity contribution in [3.05, 3.63) is 0 Å². The van der Waals surface area contributed by atoms with E-state index >= 15 is 0 Å². The molecule has 1 atom stereocenters. The van der Waals surface area contributed by atoms with Crippen molar-refractivity contribution in [1.82, 2.24) is 0 Å². The Labute approximate surface area is 107 Å². The van der Waals surface area contributed by atoms with E-state index in [2.05, 4.69) is 0 Å². The van der Waals surface area contributed by atoms with Gasteiger partial charge in [0.25, 0.3) is 0 Å². The molecule has 0 spiro atoms. The molecule has 0 fully saturated rings. The van der Waals surface area contributed by atoms with Gasteiger partial charge in [-0.1, -0.05) is 0 Å². The Kier molecular flexibility index (Phi) is 5.93. The fourth-order valence-electron chi connectivity index (χ4n) is 1.89. The van der Waals surface area contributed by atoms with Gasteiger partial charge >= 0.3 is 23.9 Å². The first kappa shape index (κ1) is 16.8. The summed E-state index contributed by atoms with van der Waals surface area (Å²) in [5.74, 6) is -5.69. The minimum absolute atomic E-state index is 0.714. The fourth-order valence-corrected chi connectivity index (χ4v) is 1.89. The lowest BCUT2D eigenvalue weighted by molar-refractivity contribution is -0.151. The highest BCUT2D eigenvalue weighted by molar-refractivity contribution is 5.77. The summed E-state index contributed by atoms with van der Waals surface area (Å²) < 4.78 is 0. The second-order valence-electron chi connectivity index (χ2n) is 4.28. The van der Waals surface area contributed by atoms with Crippen LogP contribution >= 0.6 is 0 Å². The maximum atomic E-state index is 10.8. The summed E-state index contributed by atoms with van der Waals surface area (Å²) in [7, 11) is 0. The summed E-state index contributed by atoms with van der Waals surface area (Å²) in [5.41, 5.74) is 3.68. The van der Waals surface area contributed by atoms with Gasteiger partial charge in [0.05, 0.1) is 25.7 Å². The number of rotatable bonds is 9. The molecule has 108 valence electrons. The average molecular weight is 277 g/mol. The number of carbonyl (C=O) groups is 4. The van der Waals surface area contributed by atoms with Gasteiger partial charge in [0.2, 0.25) is 0 Å². The van der Waals surface area contributed by atoms with Crippen molar-refractivity contribution >= 4 is 23.9 Å². The molecule has 0 aromatic rings. The van der Waals surface area contributed by atoms with Crippen molar-refractivity contribution < 1.29 is 39.6 Å². The molecule has 0 aromatic carbocycles. The van der Waals surface area contributed by atoms with Crippen LogP contribution in [0.1, 0.15) is 25.7 Å².